The monoisotopic (exact) mass is 275 g/mol. The summed E-state index contributed by atoms with van der Waals surface area (Å²) in [7, 11) is 0. The predicted molar refractivity (Wildman–Crippen MR) is 76.0 cm³/mol. The fourth-order valence-corrected chi connectivity index (χ4v) is 2.13. The number of nitrogens with zero attached hydrogens (tertiary/aromatic N) is 5. The topological polar surface area (TPSA) is 56.0 Å². The summed E-state index contributed by atoms with van der Waals surface area (Å²) < 4.78 is 3.80. The summed E-state index contributed by atoms with van der Waals surface area (Å²) in [5.41, 5.74) is 0. The lowest BCUT2D eigenvalue weighted by molar-refractivity contribution is -0.131. The third-order valence-electron chi connectivity index (χ3n) is 3.40. The van der Waals surface area contributed by atoms with Gasteiger partial charge in [0.2, 0.25) is 5.91 Å². The highest BCUT2D eigenvalue weighted by molar-refractivity contribution is 5.76. The average Bonchev–Trinajstić information content (AvgIpc) is 3.12. The zero-order valence-corrected chi connectivity index (χ0v) is 12.0. The minimum atomic E-state index is 0.128. The zero-order chi connectivity index (χ0) is 14.4. The van der Waals surface area contributed by atoms with Crippen LogP contribution in [0.25, 0.3) is 0 Å². The number of imidazole rings is 1. The minimum Gasteiger partial charge on any atom is -0.341 e. The molecule has 0 aliphatic rings. The maximum absolute atomic E-state index is 12.3. The van der Waals surface area contributed by atoms with Gasteiger partial charge >= 0.3 is 0 Å². The lowest BCUT2D eigenvalue weighted by Crippen LogP contribution is -2.34. The summed E-state index contributed by atoms with van der Waals surface area (Å²) in [5, 5.41) is 4.15. The smallest absolute Gasteiger partial charge is 0.224 e. The van der Waals surface area contributed by atoms with E-state index in [4.69, 9.17) is 0 Å². The fraction of sp³-hybridized carbons (Fsp3) is 0.500. The van der Waals surface area contributed by atoms with Crippen LogP contribution in [-0.4, -0.2) is 43.2 Å². The largest absolute Gasteiger partial charge is 0.341 e. The van der Waals surface area contributed by atoms with Crippen molar-refractivity contribution in [3.05, 3.63) is 37.2 Å². The van der Waals surface area contributed by atoms with E-state index in [9.17, 15) is 4.79 Å². The second-order valence-corrected chi connectivity index (χ2v) is 4.81. The molecule has 20 heavy (non-hydrogen) atoms. The molecule has 0 spiro atoms. The van der Waals surface area contributed by atoms with Crippen molar-refractivity contribution in [2.45, 2.75) is 32.9 Å². The molecule has 2 heterocycles. The first-order chi connectivity index (χ1) is 9.70. The Morgan fingerprint density at radius 2 is 2.20 bits per heavy atom. The summed E-state index contributed by atoms with van der Waals surface area (Å²) in [6.07, 6.45) is 9.52. The van der Waals surface area contributed by atoms with Gasteiger partial charge in [-0.1, -0.05) is 0 Å². The highest BCUT2D eigenvalue weighted by Gasteiger charge is 2.16. The van der Waals surface area contributed by atoms with Gasteiger partial charge in [0, 0.05) is 50.3 Å². The van der Waals surface area contributed by atoms with E-state index in [1.165, 1.54) is 0 Å². The van der Waals surface area contributed by atoms with E-state index in [1.807, 2.05) is 46.5 Å². The van der Waals surface area contributed by atoms with Gasteiger partial charge in [-0.2, -0.15) is 5.10 Å². The van der Waals surface area contributed by atoms with Crippen molar-refractivity contribution in [2.75, 3.05) is 13.1 Å². The molecule has 0 fully saturated rings. The standard InChI is InChI=1S/C14H21N5O/c1-3-17(9-10-19-7-4-5-16-19)14(20)11-13(2)18-8-6-15-12-18/h4-8,12-13H,3,9-11H2,1-2H3. The molecule has 0 bridgehead atoms. The summed E-state index contributed by atoms with van der Waals surface area (Å²) in [4.78, 5) is 18.2. The molecule has 0 aromatic carbocycles. The average molecular weight is 275 g/mol. The van der Waals surface area contributed by atoms with E-state index in [-0.39, 0.29) is 11.9 Å². The van der Waals surface area contributed by atoms with Crippen molar-refractivity contribution in [1.29, 1.82) is 0 Å². The molecule has 6 heteroatoms. The Bertz CT molecular complexity index is 506. The molecule has 0 aliphatic heterocycles. The second kappa shape index (κ2) is 6.88. The molecule has 0 N–H and O–H groups in total. The number of likely N-dealkylation sites (N-methyl/N-ethyl adjacent to an activating group) is 1. The highest BCUT2D eigenvalue weighted by atomic mass is 16.2. The van der Waals surface area contributed by atoms with Crippen LogP contribution in [0, 0.1) is 0 Å². The Labute approximate surface area is 119 Å². The summed E-state index contributed by atoms with van der Waals surface area (Å²) >= 11 is 0. The molecule has 1 amide bonds. The summed E-state index contributed by atoms with van der Waals surface area (Å²) in [5.74, 6) is 0.167. The third kappa shape index (κ3) is 3.69. The van der Waals surface area contributed by atoms with Crippen molar-refractivity contribution < 1.29 is 4.79 Å². The molecule has 0 radical (unpaired) electrons. The van der Waals surface area contributed by atoms with Crippen LogP contribution < -0.4 is 0 Å². The van der Waals surface area contributed by atoms with Crippen LogP contribution in [0.4, 0.5) is 0 Å². The van der Waals surface area contributed by atoms with Gasteiger partial charge in [-0.15, -0.1) is 0 Å². The number of carbonyl (C=O) groups excluding carboxylic acids is 1. The number of aromatic nitrogens is 4. The Morgan fingerprint density at radius 3 is 2.80 bits per heavy atom. The van der Waals surface area contributed by atoms with Gasteiger partial charge in [0.15, 0.2) is 0 Å². The number of hydrogen-bond acceptors (Lipinski definition) is 3. The van der Waals surface area contributed by atoms with Crippen LogP contribution in [0.2, 0.25) is 0 Å². The Kier molecular flexibility index (Phi) is 4.92. The van der Waals surface area contributed by atoms with Gasteiger partial charge in [0.25, 0.3) is 0 Å². The van der Waals surface area contributed by atoms with Crippen LogP contribution >= 0.6 is 0 Å². The van der Waals surface area contributed by atoms with Crippen molar-refractivity contribution in [2.24, 2.45) is 0 Å². The van der Waals surface area contributed by atoms with Crippen LogP contribution in [-0.2, 0) is 11.3 Å². The fourth-order valence-electron chi connectivity index (χ4n) is 2.13. The van der Waals surface area contributed by atoms with Gasteiger partial charge < -0.3 is 9.47 Å². The van der Waals surface area contributed by atoms with E-state index >= 15 is 0 Å². The first-order valence-electron chi connectivity index (χ1n) is 6.93. The van der Waals surface area contributed by atoms with Gasteiger partial charge in [0.05, 0.1) is 12.9 Å². The van der Waals surface area contributed by atoms with Crippen molar-refractivity contribution in [1.82, 2.24) is 24.2 Å². The lowest BCUT2D eigenvalue weighted by atomic mass is 10.2. The third-order valence-corrected chi connectivity index (χ3v) is 3.40. The maximum atomic E-state index is 12.3. The summed E-state index contributed by atoms with van der Waals surface area (Å²) in [6.45, 7) is 6.17. The quantitative estimate of drug-likeness (QED) is 0.771. The molecule has 0 saturated heterocycles. The van der Waals surface area contributed by atoms with Crippen LogP contribution in [0.1, 0.15) is 26.3 Å². The molecule has 2 aromatic rings. The zero-order valence-electron chi connectivity index (χ0n) is 12.0. The van der Waals surface area contributed by atoms with E-state index in [0.717, 1.165) is 13.1 Å². The molecule has 2 rings (SSSR count). The molecular weight excluding hydrogens is 254 g/mol. The molecule has 0 aliphatic carbocycles. The highest BCUT2D eigenvalue weighted by Crippen LogP contribution is 2.11. The van der Waals surface area contributed by atoms with Crippen molar-refractivity contribution >= 4 is 5.91 Å². The Morgan fingerprint density at radius 1 is 1.35 bits per heavy atom. The number of hydrogen-bond donors (Lipinski definition) is 0. The van der Waals surface area contributed by atoms with Crippen molar-refractivity contribution in [3.8, 4) is 0 Å². The van der Waals surface area contributed by atoms with E-state index < -0.39 is 0 Å². The number of amides is 1. The molecule has 0 saturated carbocycles. The molecule has 1 atom stereocenters. The minimum absolute atomic E-state index is 0.128. The summed E-state index contributed by atoms with van der Waals surface area (Å²) in [6, 6.07) is 2.02. The second-order valence-electron chi connectivity index (χ2n) is 4.81. The Hall–Kier alpha value is -2.11. The van der Waals surface area contributed by atoms with E-state index in [2.05, 4.69) is 10.1 Å². The van der Waals surface area contributed by atoms with Crippen LogP contribution in [0.5, 0.6) is 0 Å². The molecule has 2 aromatic heterocycles. The van der Waals surface area contributed by atoms with Crippen molar-refractivity contribution in [3.63, 3.8) is 0 Å². The van der Waals surface area contributed by atoms with E-state index in [1.54, 1.807) is 18.7 Å². The van der Waals surface area contributed by atoms with E-state index in [0.29, 0.717) is 13.0 Å². The van der Waals surface area contributed by atoms with Crippen LogP contribution in [0.3, 0.4) is 0 Å². The number of carbonyl (C=O) groups is 1. The van der Waals surface area contributed by atoms with Crippen LogP contribution in [0.15, 0.2) is 37.2 Å². The normalized spacial score (nSPS) is 12.3. The molecular formula is C14H21N5O. The SMILES string of the molecule is CCN(CCn1cccn1)C(=O)CC(C)n1ccnc1. The molecule has 6 nitrogen and oxygen atoms in total. The Balaban J connectivity index is 1.85. The first-order valence-corrected chi connectivity index (χ1v) is 6.93. The molecule has 108 valence electrons. The maximum Gasteiger partial charge on any atom is 0.224 e. The first kappa shape index (κ1) is 14.3. The van der Waals surface area contributed by atoms with Gasteiger partial charge in [0.1, 0.15) is 0 Å². The van der Waals surface area contributed by atoms with Gasteiger partial charge in [-0.25, -0.2) is 4.98 Å². The predicted octanol–water partition coefficient (Wildman–Crippen LogP) is 1.58. The lowest BCUT2D eigenvalue weighted by Gasteiger charge is -2.23. The number of rotatable bonds is 7. The van der Waals surface area contributed by atoms with Gasteiger partial charge in [-0.3, -0.25) is 9.48 Å². The molecule has 1 unspecified atom stereocenters. The van der Waals surface area contributed by atoms with Gasteiger partial charge in [-0.05, 0) is 19.9 Å².